The molecule has 0 aliphatic carbocycles. The van der Waals surface area contributed by atoms with Gasteiger partial charge in [-0.1, -0.05) is 41.9 Å². The zero-order valence-corrected chi connectivity index (χ0v) is 20.8. The molecule has 0 spiro atoms. The number of benzene rings is 2. The van der Waals surface area contributed by atoms with Crippen LogP contribution >= 0.6 is 11.6 Å². The van der Waals surface area contributed by atoms with Crippen LogP contribution < -0.4 is 4.74 Å². The van der Waals surface area contributed by atoms with E-state index < -0.39 is 15.7 Å². The lowest BCUT2D eigenvalue weighted by atomic mass is 10.1. The average molecular weight is 500 g/mol. The second-order valence-electron chi connectivity index (χ2n) is 8.99. The van der Waals surface area contributed by atoms with Crippen molar-refractivity contribution < 1.29 is 18.5 Å². The van der Waals surface area contributed by atoms with Crippen LogP contribution in [0.2, 0.25) is 5.15 Å². The molecule has 9 heteroatoms. The number of nitrogens with zero attached hydrogens (tertiary/aromatic N) is 3. The van der Waals surface area contributed by atoms with Gasteiger partial charge in [0.05, 0.1) is 17.8 Å². The zero-order valence-electron chi connectivity index (χ0n) is 19.2. The number of halogens is 1. The fourth-order valence-electron chi connectivity index (χ4n) is 3.34. The summed E-state index contributed by atoms with van der Waals surface area (Å²) >= 11 is 6.14. The number of hydrogen-bond donors (Lipinski definition) is 0. The smallest absolute Gasteiger partial charge is 0.410 e. The maximum atomic E-state index is 12.3. The highest BCUT2D eigenvalue weighted by atomic mass is 35.5. The quantitative estimate of drug-likeness (QED) is 0.345. The molecule has 4 rings (SSSR count). The minimum absolute atomic E-state index is 0.156. The van der Waals surface area contributed by atoms with E-state index in [1.165, 1.54) is 0 Å². The van der Waals surface area contributed by atoms with Gasteiger partial charge in [-0.05, 0) is 49.9 Å². The Kier molecular flexibility index (Phi) is 7.19. The van der Waals surface area contributed by atoms with Crippen LogP contribution in [0.1, 0.15) is 31.9 Å². The monoisotopic (exact) mass is 499 g/mol. The number of fused-ring (bicyclic) bond motifs is 1. The van der Waals surface area contributed by atoms with Crippen LogP contribution in [-0.2, 0) is 22.3 Å². The van der Waals surface area contributed by atoms with Crippen LogP contribution in [-0.4, -0.2) is 50.3 Å². The van der Waals surface area contributed by atoms with Gasteiger partial charge in [-0.2, -0.15) is 4.40 Å². The highest BCUT2D eigenvalue weighted by molar-refractivity contribution is 7.85. The minimum Gasteiger partial charge on any atom is -0.486 e. The zero-order chi connectivity index (χ0) is 24.3. The summed E-state index contributed by atoms with van der Waals surface area (Å²) in [5.41, 5.74) is 1.71. The lowest BCUT2D eigenvalue weighted by molar-refractivity contribution is 0.00933. The predicted octanol–water partition coefficient (Wildman–Crippen LogP) is 5.17. The van der Waals surface area contributed by atoms with E-state index in [2.05, 4.69) is 9.38 Å². The molecule has 0 radical (unpaired) electrons. The maximum Gasteiger partial charge on any atom is 0.410 e. The van der Waals surface area contributed by atoms with E-state index in [1.54, 1.807) is 23.4 Å². The highest BCUT2D eigenvalue weighted by Crippen LogP contribution is 2.31. The van der Waals surface area contributed by atoms with Gasteiger partial charge >= 0.3 is 6.09 Å². The number of ether oxygens (including phenoxy) is 2. The Bertz CT molecular complexity index is 1240. The topological polar surface area (TPSA) is 81.1 Å². The molecular weight excluding hydrogens is 474 g/mol. The minimum atomic E-state index is -1.38. The van der Waals surface area contributed by atoms with Gasteiger partial charge in [-0.25, -0.2) is 14.0 Å². The van der Waals surface area contributed by atoms with Gasteiger partial charge in [0.15, 0.2) is 0 Å². The predicted molar refractivity (Wildman–Crippen MR) is 135 cm³/mol. The van der Waals surface area contributed by atoms with Gasteiger partial charge in [0.1, 0.15) is 34.6 Å². The van der Waals surface area contributed by atoms with Crippen LogP contribution in [0.4, 0.5) is 4.79 Å². The summed E-state index contributed by atoms with van der Waals surface area (Å²) in [6.07, 6.45) is 2.73. The average Bonchev–Trinajstić information content (AvgIpc) is 2.78. The van der Waals surface area contributed by atoms with Crippen molar-refractivity contribution in [1.29, 1.82) is 0 Å². The van der Waals surface area contributed by atoms with Crippen molar-refractivity contribution in [3.63, 3.8) is 0 Å². The molecule has 178 valence electrons. The molecule has 1 atom stereocenters. The van der Waals surface area contributed by atoms with Gasteiger partial charge in [0, 0.05) is 23.4 Å². The lowest BCUT2D eigenvalue weighted by Crippen LogP contribution is -2.56. The summed E-state index contributed by atoms with van der Waals surface area (Å²) < 4.78 is 27.6. The number of carbonyl (C=O) groups excluding carboxylic acids is 1. The maximum absolute atomic E-state index is 12.3. The number of carbonyl (C=O) groups is 1. The van der Waals surface area contributed by atoms with Gasteiger partial charge in [0.2, 0.25) is 0 Å². The number of pyridine rings is 1. The third-order valence-corrected chi connectivity index (χ3v) is 6.83. The SMILES string of the molecule is CC(C)(C)[S@](=O)/N=C/c1ccc(OC2CN(C(=O)OCc3ccccc3)C2)c2cnc(Cl)cc12. The van der Waals surface area contributed by atoms with E-state index in [0.29, 0.717) is 24.0 Å². The first-order valence-corrected chi connectivity index (χ1v) is 12.4. The number of amides is 1. The summed E-state index contributed by atoms with van der Waals surface area (Å²) in [7, 11) is -1.38. The summed E-state index contributed by atoms with van der Waals surface area (Å²) in [5, 5.41) is 1.90. The Balaban J connectivity index is 1.42. The Morgan fingerprint density at radius 1 is 1.21 bits per heavy atom. The number of likely N-dealkylation sites (tertiary alicyclic amines) is 1. The van der Waals surface area contributed by atoms with Crippen molar-refractivity contribution in [2.75, 3.05) is 13.1 Å². The Hall–Kier alpha value is -2.97. The van der Waals surface area contributed by atoms with E-state index in [9.17, 15) is 9.00 Å². The Labute approximate surface area is 206 Å². The largest absolute Gasteiger partial charge is 0.486 e. The molecule has 1 aliphatic heterocycles. The first-order chi connectivity index (χ1) is 16.2. The normalized spacial score (nSPS) is 15.4. The summed E-state index contributed by atoms with van der Waals surface area (Å²) in [6.45, 7) is 6.72. The van der Waals surface area contributed by atoms with E-state index in [4.69, 9.17) is 21.1 Å². The van der Waals surface area contributed by atoms with Crippen LogP contribution in [0.15, 0.2) is 59.1 Å². The second kappa shape index (κ2) is 10.1. The molecule has 0 N–H and O–H groups in total. The van der Waals surface area contributed by atoms with Crippen LogP contribution in [0.3, 0.4) is 0 Å². The first-order valence-electron chi connectivity index (χ1n) is 10.9. The Morgan fingerprint density at radius 2 is 1.94 bits per heavy atom. The van der Waals surface area contributed by atoms with Gasteiger partial charge in [-0.3, -0.25) is 0 Å². The number of aromatic nitrogens is 1. The van der Waals surface area contributed by atoms with Gasteiger partial charge in [-0.15, -0.1) is 0 Å². The van der Waals surface area contributed by atoms with Crippen molar-refractivity contribution in [2.45, 2.75) is 38.2 Å². The first kappa shape index (κ1) is 24.2. The number of rotatable bonds is 6. The molecule has 0 bridgehead atoms. The molecular formula is C25H26ClN3O4S. The van der Waals surface area contributed by atoms with E-state index in [0.717, 1.165) is 21.9 Å². The highest BCUT2D eigenvalue weighted by Gasteiger charge is 2.33. The fourth-order valence-corrected chi connectivity index (χ4v) is 4.02. The third kappa shape index (κ3) is 5.74. The molecule has 0 saturated carbocycles. The van der Waals surface area contributed by atoms with Gasteiger partial charge < -0.3 is 14.4 Å². The summed E-state index contributed by atoms with van der Waals surface area (Å²) in [5.74, 6) is 0.635. The van der Waals surface area contributed by atoms with E-state index in [-0.39, 0.29) is 18.8 Å². The molecule has 1 amide bonds. The van der Waals surface area contributed by atoms with Crippen LogP contribution in [0, 0.1) is 0 Å². The van der Waals surface area contributed by atoms with E-state index >= 15 is 0 Å². The standard InChI is InChI=1S/C25H26ClN3O4S/c1-25(2,3)34(31)28-12-18-9-10-22(21-13-27-23(26)11-20(18)21)33-19-14-29(15-19)24(30)32-16-17-7-5-4-6-8-17/h4-13,19H,14-16H2,1-3H3/b28-12+/t34-/m0/s1. The van der Waals surface area contributed by atoms with Crippen molar-refractivity contribution in [2.24, 2.45) is 4.40 Å². The molecule has 3 aromatic rings. The van der Waals surface area contributed by atoms with Crippen molar-refractivity contribution in [3.8, 4) is 5.75 Å². The third-order valence-electron chi connectivity index (χ3n) is 5.28. The molecule has 1 fully saturated rings. The van der Waals surface area contributed by atoms with E-state index in [1.807, 2.05) is 63.2 Å². The lowest BCUT2D eigenvalue weighted by Gasteiger charge is -2.38. The van der Waals surface area contributed by atoms with Crippen LogP contribution in [0.25, 0.3) is 10.8 Å². The number of hydrogen-bond acceptors (Lipinski definition) is 5. The molecule has 2 heterocycles. The molecule has 7 nitrogen and oxygen atoms in total. The summed E-state index contributed by atoms with van der Waals surface area (Å²) in [6, 6.07) is 15.0. The summed E-state index contributed by atoms with van der Waals surface area (Å²) in [4.78, 5) is 18.1. The molecule has 1 aliphatic rings. The van der Waals surface area contributed by atoms with Crippen molar-refractivity contribution in [1.82, 2.24) is 9.88 Å². The second-order valence-corrected chi connectivity index (χ2v) is 11.3. The molecule has 1 saturated heterocycles. The van der Waals surface area contributed by atoms with Crippen LogP contribution in [0.5, 0.6) is 5.75 Å². The van der Waals surface area contributed by atoms with Crippen molar-refractivity contribution >= 4 is 45.7 Å². The molecule has 0 unspecified atom stereocenters. The van der Waals surface area contributed by atoms with Gasteiger partial charge in [0.25, 0.3) is 0 Å². The molecule has 2 aromatic carbocycles. The fraction of sp³-hybridized carbons (Fsp3) is 0.320. The Morgan fingerprint density at radius 3 is 2.65 bits per heavy atom. The molecule has 34 heavy (non-hydrogen) atoms. The molecule has 1 aromatic heterocycles. The van der Waals surface area contributed by atoms with Crippen molar-refractivity contribution in [3.05, 3.63) is 71.0 Å².